The van der Waals surface area contributed by atoms with Crippen LogP contribution in [0.15, 0.2) is 24.3 Å². The van der Waals surface area contributed by atoms with Crippen LogP contribution >= 0.6 is 11.3 Å². The molecular formula is C25H33N3O4S. The molecule has 1 aromatic heterocycles. The van der Waals surface area contributed by atoms with Crippen molar-refractivity contribution in [3.8, 4) is 5.75 Å². The fraction of sp³-hybridized carbons (Fsp3) is 0.520. The second kappa shape index (κ2) is 10.6. The second-order valence-corrected chi connectivity index (χ2v) is 9.64. The van der Waals surface area contributed by atoms with E-state index in [1.54, 1.807) is 30.3 Å². The predicted octanol–water partition coefficient (Wildman–Crippen LogP) is 4.46. The Morgan fingerprint density at radius 1 is 1.09 bits per heavy atom. The number of ether oxygens (including phenoxy) is 2. The fourth-order valence-corrected chi connectivity index (χ4v) is 6.22. The molecule has 0 saturated carbocycles. The number of hydrogen-bond donors (Lipinski definition) is 1. The third-order valence-electron chi connectivity index (χ3n) is 6.41. The minimum atomic E-state index is -0.245. The van der Waals surface area contributed by atoms with Crippen LogP contribution in [-0.4, -0.2) is 61.7 Å². The van der Waals surface area contributed by atoms with E-state index in [0.29, 0.717) is 19.7 Å². The number of nitrogens with zero attached hydrogens (tertiary/aromatic N) is 2. The van der Waals surface area contributed by atoms with Crippen molar-refractivity contribution in [1.82, 2.24) is 9.80 Å². The van der Waals surface area contributed by atoms with Gasteiger partial charge in [0.1, 0.15) is 10.8 Å². The van der Waals surface area contributed by atoms with Crippen molar-refractivity contribution in [2.75, 3.05) is 45.2 Å². The second-order valence-electron chi connectivity index (χ2n) is 8.53. The molecule has 7 nitrogen and oxygen atoms in total. The van der Waals surface area contributed by atoms with Crippen LogP contribution in [0.25, 0.3) is 0 Å². The maximum absolute atomic E-state index is 12.2. The lowest BCUT2D eigenvalue weighted by Crippen LogP contribution is -2.50. The van der Waals surface area contributed by atoms with E-state index in [4.69, 9.17) is 9.47 Å². The molecule has 33 heavy (non-hydrogen) atoms. The summed E-state index contributed by atoms with van der Waals surface area (Å²) in [5.41, 5.74) is 3.78. The van der Waals surface area contributed by atoms with Crippen LogP contribution in [0, 0.1) is 0 Å². The van der Waals surface area contributed by atoms with Gasteiger partial charge in [0.15, 0.2) is 0 Å². The Balaban J connectivity index is 1.72. The zero-order valence-corrected chi connectivity index (χ0v) is 20.5. The molecule has 1 aliphatic heterocycles. The number of nitrogens with one attached hydrogen (secondary N) is 1. The molecule has 1 N–H and O–H groups in total. The van der Waals surface area contributed by atoms with Crippen LogP contribution in [0.5, 0.6) is 5.75 Å². The largest absolute Gasteiger partial charge is 0.497 e. The smallest absolute Gasteiger partial charge is 0.409 e. The van der Waals surface area contributed by atoms with E-state index in [1.807, 2.05) is 19.1 Å². The molecule has 1 saturated heterocycles. The lowest BCUT2D eigenvalue weighted by molar-refractivity contribution is -0.114. The van der Waals surface area contributed by atoms with E-state index in [1.165, 1.54) is 28.8 Å². The van der Waals surface area contributed by atoms with Crippen LogP contribution in [0.4, 0.5) is 9.80 Å². The average molecular weight is 472 g/mol. The average Bonchev–Trinajstić information content (AvgIpc) is 3.17. The molecule has 1 unspecified atom stereocenters. The molecular weight excluding hydrogens is 438 g/mol. The number of aryl methyl sites for hydroxylation is 1. The van der Waals surface area contributed by atoms with E-state index >= 15 is 0 Å². The van der Waals surface area contributed by atoms with Crippen molar-refractivity contribution < 1.29 is 19.1 Å². The Morgan fingerprint density at radius 2 is 1.79 bits per heavy atom. The molecule has 178 valence electrons. The van der Waals surface area contributed by atoms with Gasteiger partial charge in [-0.3, -0.25) is 9.69 Å². The summed E-state index contributed by atoms with van der Waals surface area (Å²) in [7, 11) is 1.67. The molecule has 2 aliphatic rings. The Kier molecular flexibility index (Phi) is 7.55. The Bertz CT molecular complexity index is 980. The summed E-state index contributed by atoms with van der Waals surface area (Å²) in [6.45, 7) is 6.49. The zero-order chi connectivity index (χ0) is 23.4. The fourth-order valence-electron chi connectivity index (χ4n) is 4.86. The first-order chi connectivity index (χ1) is 16.0. The van der Waals surface area contributed by atoms with Crippen LogP contribution < -0.4 is 10.1 Å². The van der Waals surface area contributed by atoms with Gasteiger partial charge in [0.2, 0.25) is 5.91 Å². The van der Waals surface area contributed by atoms with Gasteiger partial charge in [0, 0.05) is 43.5 Å². The molecule has 0 bridgehead atoms. The van der Waals surface area contributed by atoms with Crippen LogP contribution in [0.2, 0.25) is 0 Å². The Morgan fingerprint density at radius 3 is 2.42 bits per heavy atom. The third-order valence-corrected chi connectivity index (χ3v) is 7.64. The van der Waals surface area contributed by atoms with Crippen LogP contribution in [0.3, 0.4) is 0 Å². The van der Waals surface area contributed by atoms with E-state index in [-0.39, 0.29) is 18.0 Å². The van der Waals surface area contributed by atoms with E-state index < -0.39 is 0 Å². The molecule has 2 heterocycles. The summed E-state index contributed by atoms with van der Waals surface area (Å²) in [6.07, 6.45) is 4.22. The molecule has 4 rings (SSSR count). The normalized spacial score (nSPS) is 17.2. The number of hydrogen-bond acceptors (Lipinski definition) is 6. The van der Waals surface area contributed by atoms with Crippen LogP contribution in [0.1, 0.15) is 54.3 Å². The highest BCUT2D eigenvalue weighted by Gasteiger charge is 2.34. The first-order valence-electron chi connectivity index (χ1n) is 11.7. The van der Waals surface area contributed by atoms with Crippen molar-refractivity contribution in [2.45, 2.75) is 45.6 Å². The van der Waals surface area contributed by atoms with E-state index in [2.05, 4.69) is 22.3 Å². The number of thiophene rings is 1. The first kappa shape index (κ1) is 23.6. The maximum atomic E-state index is 12.2. The van der Waals surface area contributed by atoms with Gasteiger partial charge >= 0.3 is 6.09 Å². The summed E-state index contributed by atoms with van der Waals surface area (Å²) >= 11 is 1.73. The zero-order valence-electron chi connectivity index (χ0n) is 19.7. The van der Waals surface area contributed by atoms with Crippen molar-refractivity contribution in [3.63, 3.8) is 0 Å². The van der Waals surface area contributed by atoms with Gasteiger partial charge in [0.05, 0.1) is 19.8 Å². The first-order valence-corrected chi connectivity index (χ1v) is 12.5. The van der Waals surface area contributed by atoms with Crippen molar-refractivity contribution in [2.24, 2.45) is 0 Å². The molecule has 0 radical (unpaired) electrons. The molecule has 1 aliphatic carbocycles. The van der Waals surface area contributed by atoms with Gasteiger partial charge in [-0.15, -0.1) is 11.3 Å². The number of carbonyl (C=O) groups is 2. The lowest BCUT2D eigenvalue weighted by Gasteiger charge is -2.40. The summed E-state index contributed by atoms with van der Waals surface area (Å²) in [4.78, 5) is 29.9. The summed E-state index contributed by atoms with van der Waals surface area (Å²) in [5.74, 6) is 0.773. The van der Waals surface area contributed by atoms with Gasteiger partial charge in [-0.2, -0.15) is 0 Å². The van der Waals surface area contributed by atoms with Crippen molar-refractivity contribution in [3.05, 3.63) is 45.8 Å². The van der Waals surface area contributed by atoms with E-state index in [0.717, 1.165) is 42.2 Å². The molecule has 1 aromatic carbocycles. The van der Waals surface area contributed by atoms with Gasteiger partial charge in [-0.05, 0) is 55.9 Å². The summed E-state index contributed by atoms with van der Waals surface area (Å²) in [5, 5.41) is 4.09. The topological polar surface area (TPSA) is 71.1 Å². The van der Waals surface area contributed by atoms with Gasteiger partial charge in [-0.1, -0.05) is 12.1 Å². The summed E-state index contributed by atoms with van der Waals surface area (Å²) < 4.78 is 10.6. The lowest BCUT2D eigenvalue weighted by atomic mass is 9.88. The number of methoxy groups -OCH3 is 1. The highest BCUT2D eigenvalue weighted by molar-refractivity contribution is 7.16. The monoisotopic (exact) mass is 471 g/mol. The number of piperazine rings is 1. The molecule has 1 fully saturated rings. The molecule has 2 amide bonds. The van der Waals surface area contributed by atoms with Crippen LogP contribution in [-0.2, 0) is 22.4 Å². The highest BCUT2D eigenvalue weighted by Crippen LogP contribution is 2.45. The molecule has 2 aromatic rings. The quantitative estimate of drug-likeness (QED) is 0.674. The minimum absolute atomic E-state index is 0.000187. The minimum Gasteiger partial charge on any atom is -0.497 e. The molecule has 8 heteroatoms. The summed E-state index contributed by atoms with van der Waals surface area (Å²) in [6, 6.07) is 8.22. The number of carbonyl (C=O) groups excluding carboxylic acids is 2. The Hall–Kier alpha value is -2.58. The standard InChI is InChI=1S/C25H33N3O4S/c1-4-32-25(30)28-15-13-27(14-16-28)23(18-9-11-19(31-3)12-10-18)22-20-7-5-6-8-21(20)33-24(22)26-17(2)29/h9-12,23H,4-8,13-16H2,1-3H3,(H,26,29). The number of rotatable bonds is 6. The number of fused-ring (bicyclic) bond motifs is 1. The third kappa shape index (κ3) is 5.17. The van der Waals surface area contributed by atoms with E-state index in [9.17, 15) is 9.59 Å². The van der Waals surface area contributed by atoms with Crippen molar-refractivity contribution >= 4 is 28.3 Å². The predicted molar refractivity (Wildman–Crippen MR) is 130 cm³/mol. The molecule has 1 atom stereocenters. The van der Waals surface area contributed by atoms with Gasteiger partial charge in [-0.25, -0.2) is 4.79 Å². The maximum Gasteiger partial charge on any atom is 0.409 e. The number of benzene rings is 1. The van der Waals surface area contributed by atoms with Gasteiger partial charge < -0.3 is 19.7 Å². The van der Waals surface area contributed by atoms with Crippen molar-refractivity contribution in [1.29, 1.82) is 0 Å². The highest BCUT2D eigenvalue weighted by atomic mass is 32.1. The Labute approximate surface area is 199 Å². The van der Waals surface area contributed by atoms with Gasteiger partial charge in [0.25, 0.3) is 0 Å². The molecule has 0 spiro atoms. The number of amides is 2. The number of anilines is 1. The SMILES string of the molecule is CCOC(=O)N1CCN(C(c2ccc(OC)cc2)c2c(NC(C)=O)sc3c2CCCC3)CC1.